The van der Waals surface area contributed by atoms with E-state index in [9.17, 15) is 0 Å². The third-order valence-electron chi connectivity index (χ3n) is 4.38. The summed E-state index contributed by atoms with van der Waals surface area (Å²) in [6.07, 6.45) is 3.54. The Kier molecular flexibility index (Phi) is 4.00. The Balaban J connectivity index is 1.42. The maximum Gasteiger partial charge on any atom is 0.213 e. The van der Waals surface area contributed by atoms with Gasteiger partial charge in [0.05, 0.1) is 18.2 Å². The fraction of sp³-hybridized carbons (Fsp3) is 0.353. The summed E-state index contributed by atoms with van der Waals surface area (Å²) in [5.41, 5.74) is 1.93. The SMILES string of the molecule is COc1cccc(CN2CCN(c3ncnc4[nH]ccc34)CC2)n1. The summed E-state index contributed by atoms with van der Waals surface area (Å²) in [6.45, 7) is 4.69. The van der Waals surface area contributed by atoms with Crippen LogP contribution in [-0.2, 0) is 6.54 Å². The lowest BCUT2D eigenvalue weighted by molar-refractivity contribution is 0.245. The van der Waals surface area contributed by atoms with Crippen LogP contribution >= 0.6 is 0 Å². The molecule has 3 aromatic heterocycles. The van der Waals surface area contributed by atoms with Crippen molar-refractivity contribution in [1.82, 2.24) is 24.8 Å². The molecule has 0 amide bonds. The third-order valence-corrected chi connectivity index (χ3v) is 4.38. The van der Waals surface area contributed by atoms with Crippen molar-refractivity contribution in [2.24, 2.45) is 0 Å². The van der Waals surface area contributed by atoms with Gasteiger partial charge < -0.3 is 14.6 Å². The van der Waals surface area contributed by atoms with Gasteiger partial charge in [0.25, 0.3) is 0 Å². The van der Waals surface area contributed by atoms with Gasteiger partial charge in [0.2, 0.25) is 5.88 Å². The van der Waals surface area contributed by atoms with E-state index in [1.165, 1.54) is 0 Å². The molecule has 7 heteroatoms. The van der Waals surface area contributed by atoms with Gasteiger partial charge in [-0.25, -0.2) is 15.0 Å². The molecular weight excluding hydrogens is 304 g/mol. The van der Waals surface area contributed by atoms with Crippen LogP contribution in [0.5, 0.6) is 5.88 Å². The molecule has 1 aliphatic rings. The molecule has 1 N–H and O–H groups in total. The lowest BCUT2D eigenvalue weighted by atomic mass is 10.2. The Hall–Kier alpha value is -2.67. The number of methoxy groups -OCH3 is 1. The van der Waals surface area contributed by atoms with Crippen LogP contribution in [0.15, 0.2) is 36.8 Å². The van der Waals surface area contributed by atoms with Crippen molar-refractivity contribution in [1.29, 1.82) is 0 Å². The maximum atomic E-state index is 5.20. The average molecular weight is 324 g/mol. The number of hydrogen-bond acceptors (Lipinski definition) is 6. The molecule has 24 heavy (non-hydrogen) atoms. The molecule has 0 unspecified atom stereocenters. The van der Waals surface area contributed by atoms with Gasteiger partial charge in [0.15, 0.2) is 0 Å². The van der Waals surface area contributed by atoms with Crippen molar-refractivity contribution >= 4 is 16.9 Å². The highest BCUT2D eigenvalue weighted by Crippen LogP contribution is 2.23. The summed E-state index contributed by atoms with van der Waals surface area (Å²) in [6, 6.07) is 7.94. The number of nitrogens with zero attached hydrogens (tertiary/aromatic N) is 5. The van der Waals surface area contributed by atoms with E-state index in [1.54, 1.807) is 13.4 Å². The zero-order chi connectivity index (χ0) is 16.4. The molecule has 3 aromatic rings. The van der Waals surface area contributed by atoms with Gasteiger partial charge in [-0.15, -0.1) is 0 Å². The van der Waals surface area contributed by atoms with Crippen LogP contribution in [0.1, 0.15) is 5.69 Å². The normalized spacial score (nSPS) is 15.8. The summed E-state index contributed by atoms with van der Waals surface area (Å²) in [7, 11) is 1.65. The lowest BCUT2D eigenvalue weighted by Gasteiger charge is -2.35. The summed E-state index contributed by atoms with van der Waals surface area (Å²) in [5, 5.41) is 1.08. The first-order valence-electron chi connectivity index (χ1n) is 8.09. The molecule has 124 valence electrons. The number of H-pyrrole nitrogens is 1. The monoisotopic (exact) mass is 324 g/mol. The van der Waals surface area contributed by atoms with Crippen LogP contribution < -0.4 is 9.64 Å². The number of aromatic amines is 1. The summed E-state index contributed by atoms with van der Waals surface area (Å²) >= 11 is 0. The molecule has 0 aromatic carbocycles. The van der Waals surface area contributed by atoms with Gasteiger partial charge in [0, 0.05) is 45.0 Å². The summed E-state index contributed by atoms with van der Waals surface area (Å²) < 4.78 is 5.20. The molecule has 7 nitrogen and oxygen atoms in total. The second-order valence-corrected chi connectivity index (χ2v) is 5.87. The van der Waals surface area contributed by atoms with E-state index in [-0.39, 0.29) is 0 Å². The van der Waals surface area contributed by atoms with Gasteiger partial charge in [-0.3, -0.25) is 4.90 Å². The highest BCUT2D eigenvalue weighted by atomic mass is 16.5. The Morgan fingerprint density at radius 1 is 1.12 bits per heavy atom. The van der Waals surface area contributed by atoms with E-state index in [0.717, 1.165) is 55.3 Å². The van der Waals surface area contributed by atoms with Crippen molar-refractivity contribution in [2.75, 3.05) is 38.2 Å². The highest BCUT2D eigenvalue weighted by Gasteiger charge is 2.20. The molecule has 1 saturated heterocycles. The second-order valence-electron chi connectivity index (χ2n) is 5.87. The van der Waals surface area contributed by atoms with E-state index >= 15 is 0 Å². The van der Waals surface area contributed by atoms with E-state index in [0.29, 0.717) is 5.88 Å². The van der Waals surface area contributed by atoms with Crippen molar-refractivity contribution in [2.45, 2.75) is 6.54 Å². The molecule has 1 fully saturated rings. The fourth-order valence-electron chi connectivity index (χ4n) is 3.12. The number of fused-ring (bicyclic) bond motifs is 1. The largest absolute Gasteiger partial charge is 0.481 e. The van der Waals surface area contributed by atoms with Crippen molar-refractivity contribution < 1.29 is 4.74 Å². The number of nitrogens with one attached hydrogen (secondary N) is 1. The van der Waals surface area contributed by atoms with E-state index in [2.05, 4.69) is 29.7 Å². The molecule has 0 aliphatic carbocycles. The first-order chi connectivity index (χ1) is 11.8. The van der Waals surface area contributed by atoms with Crippen molar-refractivity contribution in [3.8, 4) is 5.88 Å². The molecule has 0 saturated carbocycles. The number of rotatable bonds is 4. The highest BCUT2D eigenvalue weighted by molar-refractivity contribution is 5.87. The number of ether oxygens (including phenoxy) is 1. The van der Waals surface area contributed by atoms with Crippen molar-refractivity contribution in [3.63, 3.8) is 0 Å². The Morgan fingerprint density at radius 3 is 2.83 bits per heavy atom. The summed E-state index contributed by atoms with van der Waals surface area (Å²) in [4.78, 5) is 21.1. The number of anilines is 1. The van der Waals surface area contributed by atoms with E-state index in [1.807, 2.05) is 30.5 Å². The van der Waals surface area contributed by atoms with Crippen LogP contribution in [0.25, 0.3) is 11.0 Å². The Labute approximate surface area is 140 Å². The zero-order valence-corrected chi connectivity index (χ0v) is 13.6. The zero-order valence-electron chi connectivity index (χ0n) is 13.6. The minimum atomic E-state index is 0.668. The molecular formula is C17H20N6O. The molecule has 1 aliphatic heterocycles. The van der Waals surface area contributed by atoms with Crippen LogP contribution in [0.3, 0.4) is 0 Å². The number of piperazine rings is 1. The first kappa shape index (κ1) is 14.9. The minimum absolute atomic E-state index is 0.668. The molecule has 0 radical (unpaired) electrons. The molecule has 0 spiro atoms. The van der Waals surface area contributed by atoms with Gasteiger partial charge in [0.1, 0.15) is 17.8 Å². The topological polar surface area (TPSA) is 70.2 Å². The Bertz CT molecular complexity index is 825. The summed E-state index contributed by atoms with van der Waals surface area (Å²) in [5.74, 6) is 1.68. The number of pyridine rings is 1. The van der Waals surface area contributed by atoms with Crippen LogP contribution in [0.2, 0.25) is 0 Å². The fourth-order valence-corrected chi connectivity index (χ4v) is 3.12. The predicted molar refractivity (Wildman–Crippen MR) is 92.2 cm³/mol. The van der Waals surface area contributed by atoms with Gasteiger partial charge in [-0.2, -0.15) is 0 Å². The second kappa shape index (κ2) is 6.45. The van der Waals surface area contributed by atoms with E-state index in [4.69, 9.17) is 4.74 Å². The smallest absolute Gasteiger partial charge is 0.213 e. The first-order valence-corrected chi connectivity index (χ1v) is 8.09. The van der Waals surface area contributed by atoms with Gasteiger partial charge in [-0.05, 0) is 12.1 Å². The quantitative estimate of drug-likeness (QED) is 0.787. The molecule has 0 bridgehead atoms. The van der Waals surface area contributed by atoms with Crippen LogP contribution in [-0.4, -0.2) is 58.1 Å². The molecule has 4 heterocycles. The van der Waals surface area contributed by atoms with Gasteiger partial charge >= 0.3 is 0 Å². The van der Waals surface area contributed by atoms with Gasteiger partial charge in [-0.1, -0.05) is 6.07 Å². The number of aromatic nitrogens is 4. The van der Waals surface area contributed by atoms with Crippen molar-refractivity contribution in [3.05, 3.63) is 42.5 Å². The standard InChI is InChI=1S/C17H20N6O/c1-24-15-4-2-3-13(21-15)11-22-7-9-23(10-8-22)17-14-5-6-18-16(14)19-12-20-17/h2-6,12H,7-11H2,1H3,(H,18,19,20). The average Bonchev–Trinajstić information content (AvgIpc) is 3.11. The van der Waals surface area contributed by atoms with Crippen LogP contribution in [0, 0.1) is 0 Å². The molecule has 4 rings (SSSR count). The van der Waals surface area contributed by atoms with E-state index < -0.39 is 0 Å². The molecule has 0 atom stereocenters. The maximum absolute atomic E-state index is 5.20. The van der Waals surface area contributed by atoms with Crippen LogP contribution in [0.4, 0.5) is 5.82 Å². The minimum Gasteiger partial charge on any atom is -0.481 e. The number of hydrogen-bond donors (Lipinski definition) is 1. The lowest BCUT2D eigenvalue weighted by Crippen LogP contribution is -2.46. The predicted octanol–water partition coefficient (Wildman–Crippen LogP) is 1.68. The Morgan fingerprint density at radius 2 is 2.00 bits per heavy atom. The third kappa shape index (κ3) is 2.90.